The first-order valence-corrected chi connectivity index (χ1v) is 11.3. The SMILES string of the molecule is Cc1nc(NCc2ccc(N3CCOCC3)nc2)c2c(-c3cccs3)csc2n1. The number of nitrogens with one attached hydrogen (secondary N) is 1. The summed E-state index contributed by atoms with van der Waals surface area (Å²) in [6.45, 7) is 5.93. The molecule has 5 heterocycles. The van der Waals surface area contributed by atoms with Crippen molar-refractivity contribution in [2.45, 2.75) is 13.5 Å². The average Bonchev–Trinajstić information content (AvgIpc) is 3.42. The zero-order valence-electron chi connectivity index (χ0n) is 16.1. The Hall–Kier alpha value is -2.55. The molecule has 0 bridgehead atoms. The van der Waals surface area contributed by atoms with E-state index in [0.29, 0.717) is 6.54 Å². The van der Waals surface area contributed by atoms with Gasteiger partial charge in [-0.3, -0.25) is 0 Å². The highest BCUT2D eigenvalue weighted by Crippen LogP contribution is 2.38. The van der Waals surface area contributed by atoms with Crippen molar-refractivity contribution in [3.05, 3.63) is 52.6 Å². The van der Waals surface area contributed by atoms with Crippen LogP contribution in [0, 0.1) is 6.92 Å². The van der Waals surface area contributed by atoms with Crippen molar-refractivity contribution in [3.63, 3.8) is 0 Å². The molecule has 29 heavy (non-hydrogen) atoms. The Labute approximate surface area is 177 Å². The van der Waals surface area contributed by atoms with E-state index in [4.69, 9.17) is 9.72 Å². The molecule has 0 spiro atoms. The smallest absolute Gasteiger partial charge is 0.139 e. The van der Waals surface area contributed by atoms with Gasteiger partial charge in [-0.15, -0.1) is 22.7 Å². The Kier molecular flexibility index (Phi) is 5.13. The second-order valence-electron chi connectivity index (χ2n) is 6.90. The summed E-state index contributed by atoms with van der Waals surface area (Å²) in [4.78, 5) is 18.5. The number of morpholine rings is 1. The zero-order chi connectivity index (χ0) is 19.6. The molecule has 0 aliphatic carbocycles. The van der Waals surface area contributed by atoms with Gasteiger partial charge in [0.15, 0.2) is 0 Å². The number of nitrogens with zero attached hydrogens (tertiary/aromatic N) is 4. The molecule has 148 valence electrons. The van der Waals surface area contributed by atoms with Gasteiger partial charge in [-0.1, -0.05) is 12.1 Å². The van der Waals surface area contributed by atoms with Crippen LogP contribution in [0.3, 0.4) is 0 Å². The quantitative estimate of drug-likeness (QED) is 0.507. The van der Waals surface area contributed by atoms with Gasteiger partial charge in [-0.05, 0) is 30.0 Å². The van der Waals surface area contributed by atoms with Gasteiger partial charge in [0.05, 0.1) is 18.6 Å². The Morgan fingerprint density at radius 2 is 2.03 bits per heavy atom. The molecule has 5 rings (SSSR count). The molecule has 1 fully saturated rings. The number of thiophene rings is 2. The van der Waals surface area contributed by atoms with Crippen molar-refractivity contribution in [2.75, 3.05) is 36.5 Å². The monoisotopic (exact) mass is 423 g/mol. The van der Waals surface area contributed by atoms with E-state index in [1.165, 1.54) is 10.4 Å². The lowest BCUT2D eigenvalue weighted by Gasteiger charge is -2.27. The first-order valence-electron chi connectivity index (χ1n) is 9.59. The second kappa shape index (κ2) is 8.06. The van der Waals surface area contributed by atoms with E-state index in [-0.39, 0.29) is 0 Å². The highest BCUT2D eigenvalue weighted by Gasteiger charge is 2.15. The zero-order valence-corrected chi connectivity index (χ0v) is 17.7. The minimum atomic E-state index is 0.668. The number of aryl methyl sites for hydroxylation is 1. The summed E-state index contributed by atoms with van der Waals surface area (Å²) in [5, 5.41) is 8.89. The van der Waals surface area contributed by atoms with E-state index < -0.39 is 0 Å². The summed E-state index contributed by atoms with van der Waals surface area (Å²) in [6.07, 6.45) is 1.94. The fraction of sp³-hybridized carbons (Fsp3) is 0.286. The lowest BCUT2D eigenvalue weighted by atomic mass is 10.2. The molecule has 0 aromatic carbocycles. The number of fused-ring (bicyclic) bond motifs is 1. The van der Waals surface area contributed by atoms with Crippen molar-refractivity contribution in [1.29, 1.82) is 0 Å². The number of anilines is 2. The van der Waals surface area contributed by atoms with Gasteiger partial charge < -0.3 is 15.0 Å². The lowest BCUT2D eigenvalue weighted by molar-refractivity contribution is 0.122. The molecule has 0 unspecified atom stereocenters. The first-order chi connectivity index (χ1) is 14.3. The minimum Gasteiger partial charge on any atom is -0.378 e. The molecule has 8 heteroatoms. The molecule has 0 amide bonds. The predicted octanol–water partition coefficient (Wildman–Crippen LogP) is 4.57. The van der Waals surface area contributed by atoms with E-state index >= 15 is 0 Å². The van der Waals surface area contributed by atoms with Crippen molar-refractivity contribution in [1.82, 2.24) is 15.0 Å². The summed E-state index contributed by atoms with van der Waals surface area (Å²) in [5.41, 5.74) is 2.32. The van der Waals surface area contributed by atoms with Crippen LogP contribution in [0.15, 0.2) is 41.2 Å². The van der Waals surface area contributed by atoms with Crippen LogP contribution < -0.4 is 10.2 Å². The van der Waals surface area contributed by atoms with Crippen molar-refractivity contribution >= 4 is 44.5 Å². The summed E-state index contributed by atoms with van der Waals surface area (Å²) in [5.74, 6) is 2.67. The van der Waals surface area contributed by atoms with Crippen LogP contribution >= 0.6 is 22.7 Å². The van der Waals surface area contributed by atoms with Crippen molar-refractivity contribution in [2.24, 2.45) is 0 Å². The average molecular weight is 424 g/mol. The van der Waals surface area contributed by atoms with Crippen LogP contribution in [-0.2, 0) is 11.3 Å². The molecule has 1 N–H and O–H groups in total. The van der Waals surface area contributed by atoms with E-state index in [2.05, 4.69) is 55.2 Å². The Morgan fingerprint density at radius 1 is 1.14 bits per heavy atom. The third-order valence-corrected chi connectivity index (χ3v) is 6.71. The fourth-order valence-electron chi connectivity index (χ4n) is 3.48. The van der Waals surface area contributed by atoms with Crippen molar-refractivity contribution in [3.8, 4) is 10.4 Å². The van der Waals surface area contributed by atoms with Gasteiger partial charge >= 0.3 is 0 Å². The largest absolute Gasteiger partial charge is 0.378 e. The maximum atomic E-state index is 5.42. The minimum absolute atomic E-state index is 0.668. The number of rotatable bonds is 5. The van der Waals surface area contributed by atoms with E-state index in [9.17, 15) is 0 Å². The number of hydrogen-bond acceptors (Lipinski definition) is 8. The summed E-state index contributed by atoms with van der Waals surface area (Å²) < 4.78 is 5.42. The topological polar surface area (TPSA) is 63.2 Å². The van der Waals surface area contributed by atoms with Gasteiger partial charge in [0.1, 0.15) is 22.3 Å². The van der Waals surface area contributed by atoms with Crippen LogP contribution in [0.5, 0.6) is 0 Å². The maximum absolute atomic E-state index is 5.42. The highest BCUT2D eigenvalue weighted by atomic mass is 32.1. The third kappa shape index (κ3) is 3.83. The fourth-order valence-corrected chi connectivity index (χ4v) is 5.28. The normalized spacial score (nSPS) is 14.4. The van der Waals surface area contributed by atoms with Crippen molar-refractivity contribution < 1.29 is 4.74 Å². The van der Waals surface area contributed by atoms with Crippen LogP contribution in [-0.4, -0.2) is 41.3 Å². The summed E-state index contributed by atoms with van der Waals surface area (Å²) in [6, 6.07) is 8.44. The van der Waals surface area contributed by atoms with Crippen LogP contribution in [0.25, 0.3) is 20.7 Å². The second-order valence-corrected chi connectivity index (χ2v) is 8.71. The highest BCUT2D eigenvalue weighted by molar-refractivity contribution is 7.18. The molecule has 6 nitrogen and oxygen atoms in total. The predicted molar refractivity (Wildman–Crippen MR) is 120 cm³/mol. The standard InChI is InChI=1S/C21H21N5OS2/c1-14-24-20(19-16(13-29-21(19)25-14)17-3-2-10-28-17)23-12-15-4-5-18(22-11-15)26-6-8-27-9-7-26/h2-5,10-11,13H,6-9,12H2,1H3,(H,23,24,25). The molecular weight excluding hydrogens is 402 g/mol. The molecule has 1 saturated heterocycles. The molecule has 4 aromatic heterocycles. The Balaban J connectivity index is 1.38. The van der Waals surface area contributed by atoms with Gasteiger partial charge in [0, 0.05) is 41.7 Å². The van der Waals surface area contributed by atoms with Crippen LogP contribution in [0.1, 0.15) is 11.4 Å². The lowest BCUT2D eigenvalue weighted by Crippen LogP contribution is -2.36. The van der Waals surface area contributed by atoms with Gasteiger partial charge in [-0.2, -0.15) is 0 Å². The number of aromatic nitrogens is 3. The van der Waals surface area contributed by atoms with Crippen LogP contribution in [0.2, 0.25) is 0 Å². The van der Waals surface area contributed by atoms with Gasteiger partial charge in [-0.25, -0.2) is 15.0 Å². The molecule has 4 aromatic rings. The summed E-state index contributed by atoms with van der Waals surface area (Å²) in [7, 11) is 0. The maximum Gasteiger partial charge on any atom is 0.139 e. The van der Waals surface area contributed by atoms with Gasteiger partial charge in [0.2, 0.25) is 0 Å². The first kappa shape index (κ1) is 18.5. The molecule has 0 saturated carbocycles. The van der Waals surface area contributed by atoms with Gasteiger partial charge in [0.25, 0.3) is 0 Å². The Morgan fingerprint density at radius 3 is 2.79 bits per heavy atom. The molecule has 1 aliphatic rings. The number of hydrogen-bond donors (Lipinski definition) is 1. The summed E-state index contributed by atoms with van der Waals surface area (Å²) >= 11 is 3.41. The number of ether oxygens (including phenoxy) is 1. The van der Waals surface area contributed by atoms with E-state index in [1.54, 1.807) is 22.7 Å². The van der Waals surface area contributed by atoms with E-state index in [0.717, 1.165) is 59.5 Å². The van der Waals surface area contributed by atoms with Crippen LogP contribution in [0.4, 0.5) is 11.6 Å². The molecule has 0 radical (unpaired) electrons. The van der Waals surface area contributed by atoms with E-state index in [1.807, 2.05) is 13.1 Å². The molecule has 0 atom stereocenters. The molecular formula is C21H21N5OS2. The Bertz CT molecular complexity index is 1100. The molecule has 1 aliphatic heterocycles. The third-order valence-electron chi connectivity index (χ3n) is 4.94. The number of pyridine rings is 1.